The lowest BCUT2D eigenvalue weighted by atomic mass is 9.92. The van der Waals surface area contributed by atoms with E-state index in [1.54, 1.807) is 32.6 Å². The van der Waals surface area contributed by atoms with Crippen LogP contribution < -0.4 is 0 Å². The highest BCUT2D eigenvalue weighted by Gasteiger charge is 2.28. The molecular weight excluding hydrogens is 374 g/mol. The summed E-state index contributed by atoms with van der Waals surface area (Å²) >= 11 is 1.48. The molecule has 0 bridgehead atoms. The van der Waals surface area contributed by atoms with E-state index in [1.165, 1.54) is 22.3 Å². The Balaban J connectivity index is 1.71. The molecule has 6 nitrogen and oxygen atoms in total. The number of nitrogens with zero attached hydrogens (tertiary/aromatic N) is 3. The van der Waals surface area contributed by atoms with Gasteiger partial charge < -0.3 is 9.64 Å². The molecule has 0 fully saturated rings. The van der Waals surface area contributed by atoms with Crippen molar-refractivity contribution >= 4 is 29.3 Å². The second-order valence-electron chi connectivity index (χ2n) is 6.82. The van der Waals surface area contributed by atoms with E-state index in [1.807, 2.05) is 12.1 Å². The highest BCUT2D eigenvalue weighted by molar-refractivity contribution is 7.12. The van der Waals surface area contributed by atoms with Gasteiger partial charge in [0.25, 0.3) is 0 Å². The van der Waals surface area contributed by atoms with Crippen LogP contribution in [0.4, 0.5) is 4.79 Å². The third-order valence-corrected chi connectivity index (χ3v) is 5.77. The molecule has 2 heterocycles. The maximum absolute atomic E-state index is 12.4. The fourth-order valence-electron chi connectivity index (χ4n) is 3.10. The van der Waals surface area contributed by atoms with Crippen LogP contribution >= 0.6 is 11.3 Å². The number of thiophene rings is 1. The predicted molar refractivity (Wildman–Crippen MR) is 107 cm³/mol. The Hall–Kier alpha value is -2.98. The molecule has 0 spiro atoms. The fraction of sp³-hybridized carbons (Fsp3) is 0.333. The van der Waals surface area contributed by atoms with Gasteiger partial charge in [-0.3, -0.25) is 9.78 Å². The number of allylic oxidation sites excluding steroid dienone is 1. The van der Waals surface area contributed by atoms with E-state index in [-0.39, 0.29) is 24.4 Å². The van der Waals surface area contributed by atoms with E-state index in [9.17, 15) is 14.9 Å². The molecule has 1 aliphatic carbocycles. The number of ketones is 1. The number of fused-ring (bicyclic) bond motifs is 1. The molecule has 144 valence electrons. The summed E-state index contributed by atoms with van der Waals surface area (Å²) in [5.41, 5.74) is 2.47. The van der Waals surface area contributed by atoms with Gasteiger partial charge >= 0.3 is 6.09 Å². The Morgan fingerprint density at radius 1 is 1.46 bits per heavy atom. The third-order valence-electron chi connectivity index (χ3n) is 4.52. The van der Waals surface area contributed by atoms with Crippen LogP contribution in [0.1, 0.15) is 32.9 Å². The van der Waals surface area contributed by atoms with Crippen LogP contribution in [0.5, 0.6) is 0 Å². The number of rotatable bonds is 5. The van der Waals surface area contributed by atoms with Gasteiger partial charge in [-0.15, -0.1) is 11.3 Å². The molecule has 7 heteroatoms. The molecule has 28 heavy (non-hydrogen) atoms. The average Bonchev–Trinajstić information content (AvgIpc) is 3.03. The highest BCUT2D eigenvalue weighted by atomic mass is 32.1. The van der Waals surface area contributed by atoms with Crippen LogP contribution in [0.25, 0.3) is 6.08 Å². The van der Waals surface area contributed by atoms with Crippen molar-refractivity contribution in [2.75, 3.05) is 14.1 Å². The molecule has 3 rings (SSSR count). The minimum Gasteiger partial charge on any atom is -0.446 e. The molecule has 0 aliphatic heterocycles. The molecule has 0 N–H and O–H groups in total. The monoisotopic (exact) mass is 395 g/mol. The lowest BCUT2D eigenvalue weighted by Crippen LogP contribution is -2.31. The van der Waals surface area contributed by atoms with Crippen LogP contribution in [0, 0.1) is 11.3 Å². The van der Waals surface area contributed by atoms with Gasteiger partial charge in [0.1, 0.15) is 12.2 Å². The molecule has 0 radical (unpaired) electrons. The maximum atomic E-state index is 12.4. The number of carbonyl (C=O) groups is 2. The van der Waals surface area contributed by atoms with E-state index in [4.69, 9.17) is 4.74 Å². The summed E-state index contributed by atoms with van der Waals surface area (Å²) in [6.45, 7) is 0. The Morgan fingerprint density at radius 3 is 2.96 bits per heavy atom. The number of amides is 1. The van der Waals surface area contributed by atoms with Crippen molar-refractivity contribution in [3.05, 3.63) is 57.0 Å². The summed E-state index contributed by atoms with van der Waals surface area (Å²) < 4.78 is 5.49. The molecule has 1 unspecified atom stereocenters. The Bertz CT molecular complexity index is 942. The number of ether oxygens (including phenoxy) is 1. The number of nitriles is 1. The first-order valence-corrected chi connectivity index (χ1v) is 9.82. The van der Waals surface area contributed by atoms with Crippen molar-refractivity contribution in [1.82, 2.24) is 9.88 Å². The van der Waals surface area contributed by atoms with Crippen molar-refractivity contribution in [3.63, 3.8) is 0 Å². The van der Waals surface area contributed by atoms with E-state index >= 15 is 0 Å². The molecule has 2 aromatic rings. The smallest absolute Gasteiger partial charge is 0.409 e. The van der Waals surface area contributed by atoms with Crippen LogP contribution in [0.2, 0.25) is 0 Å². The van der Waals surface area contributed by atoms with Crippen molar-refractivity contribution < 1.29 is 14.3 Å². The zero-order valence-electron chi connectivity index (χ0n) is 15.8. The first kappa shape index (κ1) is 19.8. The normalized spacial score (nSPS) is 15.7. The van der Waals surface area contributed by atoms with Crippen molar-refractivity contribution in [3.8, 4) is 6.07 Å². The van der Waals surface area contributed by atoms with E-state index in [2.05, 4.69) is 11.1 Å². The molecular formula is C21H21N3O3S. The van der Waals surface area contributed by atoms with E-state index in [0.29, 0.717) is 24.8 Å². The second kappa shape index (κ2) is 8.81. The summed E-state index contributed by atoms with van der Waals surface area (Å²) in [4.78, 5) is 31.4. The molecule has 0 aromatic carbocycles. The van der Waals surface area contributed by atoms with Gasteiger partial charge in [-0.2, -0.15) is 5.26 Å². The molecule has 1 aliphatic rings. The topological polar surface area (TPSA) is 83.3 Å². The summed E-state index contributed by atoms with van der Waals surface area (Å²) in [7, 11) is 3.30. The summed E-state index contributed by atoms with van der Waals surface area (Å²) in [6, 6.07) is 5.95. The Kier molecular flexibility index (Phi) is 6.22. The second-order valence-corrected chi connectivity index (χ2v) is 8.01. The summed E-state index contributed by atoms with van der Waals surface area (Å²) in [5, 5.41) is 9.60. The molecule has 2 aromatic heterocycles. The minimum absolute atomic E-state index is 0.0606. The zero-order chi connectivity index (χ0) is 20.1. The van der Waals surface area contributed by atoms with Crippen molar-refractivity contribution in [1.29, 1.82) is 5.26 Å². The van der Waals surface area contributed by atoms with Crippen molar-refractivity contribution in [2.24, 2.45) is 0 Å². The van der Waals surface area contributed by atoms with Crippen LogP contribution in [-0.4, -0.2) is 42.0 Å². The summed E-state index contributed by atoms with van der Waals surface area (Å²) in [6.07, 6.45) is 8.22. The minimum atomic E-state index is -0.360. The van der Waals surface area contributed by atoms with Gasteiger partial charge in [-0.1, -0.05) is 6.07 Å². The van der Waals surface area contributed by atoms with Gasteiger partial charge in [0.05, 0.1) is 5.56 Å². The average molecular weight is 395 g/mol. The maximum Gasteiger partial charge on any atom is 0.409 e. The van der Waals surface area contributed by atoms with Gasteiger partial charge in [0.15, 0.2) is 5.78 Å². The largest absolute Gasteiger partial charge is 0.446 e. The third kappa shape index (κ3) is 4.65. The molecule has 0 saturated carbocycles. The van der Waals surface area contributed by atoms with Crippen LogP contribution in [0.3, 0.4) is 0 Å². The zero-order valence-corrected chi connectivity index (χ0v) is 16.7. The van der Waals surface area contributed by atoms with Gasteiger partial charge in [0, 0.05) is 49.1 Å². The van der Waals surface area contributed by atoms with Crippen molar-refractivity contribution in [2.45, 2.75) is 31.8 Å². The van der Waals surface area contributed by atoms with Gasteiger partial charge in [-0.05, 0) is 42.2 Å². The quantitative estimate of drug-likeness (QED) is 0.725. The standard InChI is InChI=1S/C21H21N3O3S/c1-24(2)21(26)27-16-7-8-17-18(12-22)19(28-20(17)11-16)10-15(25)6-5-14-4-3-9-23-13-14/h3-6,9,13,16H,7-8,10-11H2,1-2H3/b6-5+. The number of carbonyl (C=O) groups excluding carboxylic acids is 2. The lowest BCUT2D eigenvalue weighted by Gasteiger charge is -2.24. The lowest BCUT2D eigenvalue weighted by molar-refractivity contribution is -0.113. The fourth-order valence-corrected chi connectivity index (χ4v) is 4.48. The van der Waals surface area contributed by atoms with Gasteiger partial charge in [-0.25, -0.2) is 4.79 Å². The Labute approximate surface area is 168 Å². The van der Waals surface area contributed by atoms with Crippen LogP contribution in [-0.2, 0) is 28.8 Å². The Morgan fingerprint density at radius 2 is 2.29 bits per heavy atom. The van der Waals surface area contributed by atoms with E-state index < -0.39 is 0 Å². The molecule has 1 amide bonds. The first-order chi connectivity index (χ1) is 13.5. The summed E-state index contributed by atoms with van der Waals surface area (Å²) in [5.74, 6) is -0.0606. The first-order valence-electron chi connectivity index (χ1n) is 9.00. The predicted octanol–water partition coefficient (Wildman–Crippen LogP) is 3.40. The number of pyridine rings is 1. The number of aromatic nitrogens is 1. The van der Waals surface area contributed by atoms with Gasteiger partial charge in [0.2, 0.25) is 0 Å². The SMILES string of the molecule is CN(C)C(=O)OC1CCc2c(sc(CC(=O)/C=C/c3cccnc3)c2C#N)C1. The molecule has 0 saturated heterocycles. The number of hydrogen-bond acceptors (Lipinski definition) is 6. The number of hydrogen-bond donors (Lipinski definition) is 0. The highest BCUT2D eigenvalue weighted by Crippen LogP contribution is 2.35. The van der Waals surface area contributed by atoms with E-state index in [0.717, 1.165) is 20.9 Å². The van der Waals surface area contributed by atoms with Crippen LogP contribution in [0.15, 0.2) is 30.6 Å². The molecule has 1 atom stereocenters.